The maximum atomic E-state index is 7.17. The van der Waals surface area contributed by atoms with Crippen molar-refractivity contribution in [3.05, 3.63) is 223 Å². The molecule has 1 atom stereocenters. The van der Waals surface area contributed by atoms with Crippen LogP contribution >= 0.6 is 0 Å². The van der Waals surface area contributed by atoms with Crippen LogP contribution in [0.4, 0.5) is 17.1 Å². The van der Waals surface area contributed by atoms with Crippen LogP contribution in [-0.2, 0) is 0 Å². The van der Waals surface area contributed by atoms with Gasteiger partial charge in [-0.05, 0) is 81.6 Å². The molecule has 264 valence electrons. The van der Waals surface area contributed by atoms with Gasteiger partial charge >= 0.3 is 0 Å². The SMILES string of the molecule is c1ccc(-c2ccc(C(c3ccccc3)c3ccc(N(c4ccccc4)c4cccc5oc6ccccc6c45)c4c3oc3cc5ccccc5cc34)cc2)cc1. The number of benzene rings is 9. The molecule has 0 aliphatic carbocycles. The summed E-state index contributed by atoms with van der Waals surface area (Å²) in [5.41, 5.74) is 12.5. The fourth-order valence-corrected chi connectivity index (χ4v) is 8.60. The molecule has 56 heavy (non-hydrogen) atoms. The number of nitrogens with zero attached hydrogens (tertiary/aromatic N) is 1. The zero-order valence-electron chi connectivity index (χ0n) is 30.5. The van der Waals surface area contributed by atoms with Gasteiger partial charge in [-0.25, -0.2) is 0 Å². The van der Waals surface area contributed by atoms with Crippen molar-refractivity contribution in [2.45, 2.75) is 5.92 Å². The molecule has 0 radical (unpaired) electrons. The second-order valence-corrected chi connectivity index (χ2v) is 14.4. The zero-order chi connectivity index (χ0) is 37.0. The van der Waals surface area contributed by atoms with Gasteiger partial charge in [-0.2, -0.15) is 0 Å². The lowest BCUT2D eigenvalue weighted by molar-refractivity contribution is 0.661. The number of furan rings is 2. The summed E-state index contributed by atoms with van der Waals surface area (Å²) in [5.74, 6) is -0.0843. The fraction of sp³-hybridized carbons (Fsp3) is 0.0189. The first kappa shape index (κ1) is 32.1. The third-order valence-electron chi connectivity index (χ3n) is 11.2. The standard InChI is InChI=1S/C53H35NO2/c1-4-15-35(16-5-1)36-27-29-38(30-28-36)50(37-17-6-2-7-18-37)43-31-32-46(52-44-33-39-19-10-11-20-40(39)34-49(44)56-53(43)52)54(41-21-8-3-9-22-41)45-24-14-26-48-51(45)42-23-12-13-25-47(42)55-48/h1-34,50H. The van der Waals surface area contributed by atoms with Crippen LogP contribution < -0.4 is 4.90 Å². The van der Waals surface area contributed by atoms with E-state index in [-0.39, 0.29) is 5.92 Å². The highest BCUT2D eigenvalue weighted by Crippen LogP contribution is 2.50. The summed E-state index contributed by atoms with van der Waals surface area (Å²) in [6.45, 7) is 0. The highest BCUT2D eigenvalue weighted by Gasteiger charge is 2.28. The van der Waals surface area contributed by atoms with E-state index in [4.69, 9.17) is 8.83 Å². The quantitative estimate of drug-likeness (QED) is 0.154. The summed E-state index contributed by atoms with van der Waals surface area (Å²) >= 11 is 0. The van der Waals surface area contributed by atoms with Crippen molar-refractivity contribution in [1.82, 2.24) is 0 Å². The molecule has 0 saturated heterocycles. The molecule has 0 aliphatic heterocycles. The Kier molecular flexibility index (Phi) is 7.56. The molecular weight excluding hydrogens is 683 g/mol. The van der Waals surface area contributed by atoms with Crippen molar-refractivity contribution in [2.24, 2.45) is 0 Å². The number of hydrogen-bond donors (Lipinski definition) is 0. The van der Waals surface area contributed by atoms with Gasteiger partial charge in [0.05, 0.1) is 22.1 Å². The Balaban J connectivity index is 1.22. The van der Waals surface area contributed by atoms with Crippen LogP contribution in [0.5, 0.6) is 0 Å². The zero-order valence-corrected chi connectivity index (χ0v) is 30.5. The molecule has 11 aromatic rings. The monoisotopic (exact) mass is 717 g/mol. The number of para-hydroxylation sites is 2. The summed E-state index contributed by atoms with van der Waals surface area (Å²) in [6, 6.07) is 73.3. The van der Waals surface area contributed by atoms with E-state index in [1.54, 1.807) is 0 Å². The molecule has 0 fully saturated rings. The minimum absolute atomic E-state index is 0.0843. The lowest BCUT2D eigenvalue weighted by Gasteiger charge is -2.28. The van der Waals surface area contributed by atoms with Gasteiger partial charge in [-0.3, -0.25) is 0 Å². The largest absolute Gasteiger partial charge is 0.456 e. The summed E-state index contributed by atoms with van der Waals surface area (Å²) in [5, 5.41) is 6.61. The smallest absolute Gasteiger partial charge is 0.141 e. The molecule has 0 spiro atoms. The third kappa shape index (κ3) is 5.28. The van der Waals surface area contributed by atoms with E-state index >= 15 is 0 Å². The lowest BCUT2D eigenvalue weighted by atomic mass is 9.83. The highest BCUT2D eigenvalue weighted by molar-refractivity contribution is 6.20. The van der Waals surface area contributed by atoms with E-state index in [2.05, 4.69) is 199 Å². The third-order valence-corrected chi connectivity index (χ3v) is 11.2. The lowest BCUT2D eigenvalue weighted by Crippen LogP contribution is -2.11. The second kappa shape index (κ2) is 13.2. The molecule has 0 saturated carbocycles. The predicted molar refractivity (Wildman–Crippen MR) is 232 cm³/mol. The van der Waals surface area contributed by atoms with E-state index < -0.39 is 0 Å². The predicted octanol–water partition coefficient (Wildman–Crippen LogP) is 15.0. The Morgan fingerprint density at radius 3 is 1.77 bits per heavy atom. The summed E-state index contributed by atoms with van der Waals surface area (Å²) < 4.78 is 13.6. The van der Waals surface area contributed by atoms with Crippen LogP contribution in [0.1, 0.15) is 22.6 Å². The van der Waals surface area contributed by atoms with Crippen LogP contribution in [0.15, 0.2) is 215 Å². The van der Waals surface area contributed by atoms with Gasteiger partial charge in [0.15, 0.2) is 0 Å². The van der Waals surface area contributed by atoms with Crippen molar-refractivity contribution in [1.29, 1.82) is 0 Å². The minimum Gasteiger partial charge on any atom is -0.456 e. The Morgan fingerprint density at radius 2 is 0.982 bits per heavy atom. The highest BCUT2D eigenvalue weighted by atomic mass is 16.3. The first-order valence-corrected chi connectivity index (χ1v) is 19.1. The number of hydrogen-bond acceptors (Lipinski definition) is 3. The van der Waals surface area contributed by atoms with E-state index in [0.29, 0.717) is 0 Å². The number of fused-ring (bicyclic) bond motifs is 7. The van der Waals surface area contributed by atoms with E-state index in [1.165, 1.54) is 27.6 Å². The van der Waals surface area contributed by atoms with Crippen molar-refractivity contribution in [3.63, 3.8) is 0 Å². The molecule has 0 N–H and O–H groups in total. The van der Waals surface area contributed by atoms with Crippen LogP contribution in [-0.4, -0.2) is 0 Å². The fourth-order valence-electron chi connectivity index (χ4n) is 8.60. The van der Waals surface area contributed by atoms with Gasteiger partial charge in [-0.1, -0.05) is 158 Å². The Bertz CT molecular complexity index is 3180. The van der Waals surface area contributed by atoms with Gasteiger partial charge in [0.25, 0.3) is 0 Å². The van der Waals surface area contributed by atoms with Gasteiger partial charge < -0.3 is 13.7 Å². The molecule has 1 unspecified atom stereocenters. The maximum absolute atomic E-state index is 7.17. The summed E-state index contributed by atoms with van der Waals surface area (Å²) in [6.07, 6.45) is 0. The van der Waals surface area contributed by atoms with E-state index in [1.807, 2.05) is 12.1 Å². The Hall–Kier alpha value is -7.36. The van der Waals surface area contributed by atoms with Crippen molar-refractivity contribution in [3.8, 4) is 11.1 Å². The molecule has 3 nitrogen and oxygen atoms in total. The second-order valence-electron chi connectivity index (χ2n) is 14.4. The van der Waals surface area contributed by atoms with Crippen molar-refractivity contribution in [2.75, 3.05) is 4.90 Å². The molecule has 2 heterocycles. The molecule has 9 aromatic carbocycles. The van der Waals surface area contributed by atoms with Gasteiger partial charge in [0.2, 0.25) is 0 Å². The van der Waals surface area contributed by atoms with Crippen LogP contribution in [0.3, 0.4) is 0 Å². The molecule has 2 aromatic heterocycles. The maximum Gasteiger partial charge on any atom is 0.141 e. The van der Waals surface area contributed by atoms with Crippen molar-refractivity contribution < 1.29 is 8.83 Å². The van der Waals surface area contributed by atoms with Crippen LogP contribution in [0.25, 0.3) is 65.8 Å². The molecule has 0 aliphatic rings. The summed E-state index contributed by atoms with van der Waals surface area (Å²) in [7, 11) is 0. The molecule has 11 rings (SSSR count). The van der Waals surface area contributed by atoms with E-state index in [0.717, 1.165) is 71.9 Å². The van der Waals surface area contributed by atoms with Gasteiger partial charge in [-0.15, -0.1) is 0 Å². The van der Waals surface area contributed by atoms with Crippen molar-refractivity contribution >= 4 is 71.7 Å². The molecule has 0 amide bonds. The van der Waals surface area contributed by atoms with Gasteiger partial charge in [0, 0.05) is 27.9 Å². The Morgan fingerprint density at radius 1 is 0.375 bits per heavy atom. The van der Waals surface area contributed by atoms with E-state index in [9.17, 15) is 0 Å². The molecular formula is C53H35NO2. The van der Waals surface area contributed by atoms with Crippen LogP contribution in [0.2, 0.25) is 0 Å². The van der Waals surface area contributed by atoms with Gasteiger partial charge in [0.1, 0.15) is 22.3 Å². The molecule has 3 heteroatoms. The summed E-state index contributed by atoms with van der Waals surface area (Å²) in [4.78, 5) is 2.38. The first-order chi connectivity index (χ1) is 27.8. The normalized spacial score (nSPS) is 12.2. The average Bonchev–Trinajstić information content (AvgIpc) is 3.84. The average molecular weight is 718 g/mol. The number of rotatable bonds is 7. The number of anilines is 3. The topological polar surface area (TPSA) is 29.5 Å². The Labute approximate surface area is 324 Å². The minimum atomic E-state index is -0.0843. The first-order valence-electron chi connectivity index (χ1n) is 19.1. The molecule has 0 bridgehead atoms. The van der Waals surface area contributed by atoms with Crippen LogP contribution in [0, 0.1) is 0 Å².